The van der Waals surface area contributed by atoms with Gasteiger partial charge in [-0.3, -0.25) is 5.32 Å². The second-order valence-electron chi connectivity index (χ2n) is 9.54. The molecule has 4 aromatic rings. The number of nitrogen functional groups attached to an aromatic ring is 1. The highest BCUT2D eigenvalue weighted by Gasteiger charge is 2.22. The summed E-state index contributed by atoms with van der Waals surface area (Å²) in [5.41, 5.74) is 10.2. The molecule has 8 heteroatoms. The lowest BCUT2D eigenvalue weighted by molar-refractivity contribution is 0.262. The average molecular weight is 471 g/mol. The van der Waals surface area contributed by atoms with Crippen LogP contribution in [-0.4, -0.2) is 20.8 Å². The molecule has 0 aliphatic carbocycles. The Hall–Kier alpha value is -4.33. The molecule has 2 aromatic carbocycles. The van der Waals surface area contributed by atoms with E-state index in [0.29, 0.717) is 28.8 Å². The maximum atomic E-state index is 12.9. The molecule has 4 N–H and O–H groups in total. The Morgan fingerprint density at radius 2 is 1.60 bits per heavy atom. The number of aromatic nitrogens is 3. The van der Waals surface area contributed by atoms with Gasteiger partial charge in [-0.05, 0) is 67.4 Å². The molecule has 0 fully saturated rings. The second-order valence-corrected chi connectivity index (χ2v) is 9.54. The number of benzene rings is 2. The zero-order chi connectivity index (χ0) is 25.2. The molecule has 0 saturated heterocycles. The molecular formula is C27H30N6O2. The number of nitrogens with two attached hydrogens (primary N) is 1. The van der Waals surface area contributed by atoms with Gasteiger partial charge in [0.05, 0.1) is 11.4 Å². The number of ether oxygens (including phenoxy) is 1. The molecule has 8 nitrogen and oxygen atoms in total. The molecule has 0 aliphatic rings. The first kappa shape index (κ1) is 23.8. The number of nitrogens with zero attached hydrogens (tertiary/aromatic N) is 3. The van der Waals surface area contributed by atoms with Crippen LogP contribution in [0.5, 0.6) is 11.5 Å². The summed E-state index contributed by atoms with van der Waals surface area (Å²) in [6, 6.07) is 18.2. The van der Waals surface area contributed by atoms with Crippen molar-refractivity contribution < 1.29 is 9.53 Å². The van der Waals surface area contributed by atoms with Crippen molar-refractivity contribution in [2.45, 2.75) is 40.0 Å². The van der Waals surface area contributed by atoms with E-state index in [2.05, 4.69) is 42.5 Å². The number of aryl methyl sites for hydroxylation is 2. The van der Waals surface area contributed by atoms with E-state index < -0.39 is 0 Å². The van der Waals surface area contributed by atoms with Gasteiger partial charge in [0.1, 0.15) is 23.1 Å². The van der Waals surface area contributed by atoms with E-state index in [4.69, 9.17) is 15.6 Å². The van der Waals surface area contributed by atoms with Crippen molar-refractivity contribution in [3.8, 4) is 17.2 Å². The van der Waals surface area contributed by atoms with Crippen LogP contribution in [-0.2, 0) is 5.41 Å². The summed E-state index contributed by atoms with van der Waals surface area (Å²) in [6.45, 7) is 10.4. The quantitative estimate of drug-likeness (QED) is 0.322. The monoisotopic (exact) mass is 470 g/mol. The number of urea groups is 1. The first-order valence-electron chi connectivity index (χ1n) is 11.3. The molecule has 2 amide bonds. The summed E-state index contributed by atoms with van der Waals surface area (Å²) >= 11 is 0. The van der Waals surface area contributed by atoms with Crippen LogP contribution in [0.15, 0.2) is 66.9 Å². The van der Waals surface area contributed by atoms with Crippen molar-refractivity contribution >= 4 is 23.4 Å². The molecule has 0 atom stereocenters. The number of nitrogens with one attached hydrogen (secondary N) is 2. The van der Waals surface area contributed by atoms with Gasteiger partial charge in [0.2, 0.25) is 0 Å². The van der Waals surface area contributed by atoms with Gasteiger partial charge < -0.3 is 15.8 Å². The number of rotatable bonds is 5. The molecule has 35 heavy (non-hydrogen) atoms. The predicted molar refractivity (Wildman–Crippen MR) is 140 cm³/mol. The van der Waals surface area contributed by atoms with E-state index in [1.165, 1.54) is 0 Å². The number of carbonyl (C=O) groups excluding carboxylic acids is 1. The highest BCUT2D eigenvalue weighted by Crippen LogP contribution is 2.28. The van der Waals surface area contributed by atoms with Crippen LogP contribution in [0.2, 0.25) is 0 Å². The molecule has 4 rings (SSSR count). The van der Waals surface area contributed by atoms with E-state index in [-0.39, 0.29) is 11.4 Å². The molecule has 0 bridgehead atoms. The first-order valence-corrected chi connectivity index (χ1v) is 11.3. The number of carbonyl (C=O) groups is 1. The van der Waals surface area contributed by atoms with Crippen LogP contribution < -0.4 is 21.1 Å². The minimum Gasteiger partial charge on any atom is -0.457 e. The van der Waals surface area contributed by atoms with Crippen LogP contribution in [0, 0.1) is 13.8 Å². The lowest BCUT2D eigenvalue weighted by Gasteiger charge is -2.14. The van der Waals surface area contributed by atoms with E-state index in [1.807, 2.05) is 32.0 Å². The van der Waals surface area contributed by atoms with Gasteiger partial charge in [-0.2, -0.15) is 5.10 Å². The van der Waals surface area contributed by atoms with Gasteiger partial charge in [0, 0.05) is 29.4 Å². The van der Waals surface area contributed by atoms with Crippen LogP contribution in [0.3, 0.4) is 0 Å². The molecule has 0 aliphatic heterocycles. The van der Waals surface area contributed by atoms with Crippen LogP contribution in [0.25, 0.3) is 5.69 Å². The number of hydrogen-bond acceptors (Lipinski definition) is 5. The Bertz CT molecular complexity index is 1330. The summed E-state index contributed by atoms with van der Waals surface area (Å²) in [5.74, 6) is 2.18. The molecule has 0 radical (unpaired) electrons. The van der Waals surface area contributed by atoms with E-state index in [0.717, 1.165) is 22.5 Å². The SMILES string of the molecule is Cc1cc(C)cc(-n2nc(C(C)(C)C)cc2NC(=O)Nc2ccc(Oc3ccnc(N)c3)cc2)c1. The maximum Gasteiger partial charge on any atom is 0.324 e. The average Bonchev–Trinajstić information content (AvgIpc) is 3.19. The van der Waals surface area contributed by atoms with Crippen molar-refractivity contribution in [2.75, 3.05) is 16.4 Å². The minimum atomic E-state index is -0.369. The van der Waals surface area contributed by atoms with E-state index in [9.17, 15) is 4.79 Å². The third kappa shape index (κ3) is 5.97. The largest absolute Gasteiger partial charge is 0.457 e. The van der Waals surface area contributed by atoms with Gasteiger partial charge in [-0.25, -0.2) is 14.5 Å². The molecule has 2 aromatic heterocycles. The highest BCUT2D eigenvalue weighted by atomic mass is 16.5. The normalized spacial score (nSPS) is 11.2. The standard InChI is InChI=1S/C27H30N6O2/c1-17-12-18(2)14-20(13-17)33-25(16-23(32-33)27(3,4)5)31-26(34)30-19-6-8-21(9-7-19)35-22-10-11-29-24(28)15-22/h6-16H,1-5H3,(H2,28,29)(H2,30,31,34). The number of pyridine rings is 1. The molecule has 0 spiro atoms. The van der Waals surface area contributed by atoms with Crippen molar-refractivity contribution in [1.82, 2.24) is 14.8 Å². The second kappa shape index (κ2) is 9.50. The van der Waals surface area contributed by atoms with Crippen LogP contribution in [0.1, 0.15) is 37.6 Å². The fourth-order valence-electron chi connectivity index (χ4n) is 3.62. The van der Waals surface area contributed by atoms with Crippen molar-refractivity contribution in [3.05, 3.63) is 83.7 Å². The lowest BCUT2D eigenvalue weighted by Crippen LogP contribution is -2.21. The Balaban J connectivity index is 1.51. The van der Waals surface area contributed by atoms with Crippen molar-refractivity contribution in [2.24, 2.45) is 0 Å². The Morgan fingerprint density at radius 3 is 2.23 bits per heavy atom. The molecule has 0 unspecified atom stereocenters. The zero-order valence-electron chi connectivity index (χ0n) is 20.6. The Morgan fingerprint density at radius 1 is 0.914 bits per heavy atom. The van der Waals surface area contributed by atoms with Crippen LogP contribution in [0.4, 0.5) is 22.1 Å². The molecular weight excluding hydrogens is 440 g/mol. The summed E-state index contributed by atoms with van der Waals surface area (Å²) in [6.07, 6.45) is 1.58. The third-order valence-corrected chi connectivity index (χ3v) is 5.27. The molecule has 2 heterocycles. The fraction of sp³-hybridized carbons (Fsp3) is 0.222. The van der Waals surface area contributed by atoms with Gasteiger partial charge in [0.15, 0.2) is 0 Å². The summed E-state index contributed by atoms with van der Waals surface area (Å²) < 4.78 is 7.55. The Labute approximate surface area is 205 Å². The number of anilines is 3. The van der Waals surface area contributed by atoms with Gasteiger partial charge >= 0.3 is 6.03 Å². The van der Waals surface area contributed by atoms with E-state index >= 15 is 0 Å². The number of amides is 2. The zero-order valence-corrected chi connectivity index (χ0v) is 20.6. The first-order chi connectivity index (χ1) is 16.6. The van der Waals surface area contributed by atoms with E-state index in [1.54, 1.807) is 47.3 Å². The van der Waals surface area contributed by atoms with Gasteiger partial charge in [-0.15, -0.1) is 0 Å². The molecule has 0 saturated carbocycles. The lowest BCUT2D eigenvalue weighted by atomic mass is 9.92. The summed E-state index contributed by atoms with van der Waals surface area (Å²) in [7, 11) is 0. The van der Waals surface area contributed by atoms with Gasteiger partial charge in [0.25, 0.3) is 0 Å². The highest BCUT2D eigenvalue weighted by molar-refractivity contribution is 5.99. The molecule has 180 valence electrons. The number of hydrogen-bond donors (Lipinski definition) is 3. The summed E-state index contributed by atoms with van der Waals surface area (Å²) in [5, 5.41) is 10.6. The topological polar surface area (TPSA) is 107 Å². The smallest absolute Gasteiger partial charge is 0.324 e. The Kier molecular flexibility index (Phi) is 6.46. The fourth-order valence-corrected chi connectivity index (χ4v) is 3.62. The van der Waals surface area contributed by atoms with Crippen molar-refractivity contribution in [1.29, 1.82) is 0 Å². The third-order valence-electron chi connectivity index (χ3n) is 5.27. The van der Waals surface area contributed by atoms with Crippen molar-refractivity contribution in [3.63, 3.8) is 0 Å². The predicted octanol–water partition coefficient (Wildman–Crippen LogP) is 6.20. The van der Waals surface area contributed by atoms with Gasteiger partial charge in [-0.1, -0.05) is 26.8 Å². The van der Waals surface area contributed by atoms with Crippen LogP contribution >= 0.6 is 0 Å². The minimum absolute atomic E-state index is 0.174. The summed E-state index contributed by atoms with van der Waals surface area (Å²) in [4.78, 5) is 16.8. The maximum absolute atomic E-state index is 12.9.